The Hall–Kier alpha value is -3.25. The summed E-state index contributed by atoms with van der Waals surface area (Å²) < 4.78 is 5.36. The van der Waals surface area contributed by atoms with Gasteiger partial charge in [0.2, 0.25) is 0 Å². The quantitative estimate of drug-likeness (QED) is 0.122. The molecule has 0 aliphatic rings. The number of rotatable bonds is 15. The Morgan fingerprint density at radius 3 is 2.32 bits per heavy atom. The average molecular weight is 533 g/mol. The largest absolute Gasteiger partial charge is 0.427 e. The second-order valence-corrected chi connectivity index (χ2v) is 10.5. The van der Waals surface area contributed by atoms with Crippen molar-refractivity contribution in [3.8, 4) is 5.75 Å². The van der Waals surface area contributed by atoms with Gasteiger partial charge in [-0.1, -0.05) is 87.7 Å². The molecule has 0 fully saturated rings. The average Bonchev–Trinajstić information content (AvgIpc) is 2.93. The summed E-state index contributed by atoms with van der Waals surface area (Å²) in [5.74, 6) is 0.343. The lowest BCUT2D eigenvalue weighted by atomic mass is 10.1. The molecular formula is C32H40N2O3S. The van der Waals surface area contributed by atoms with Crippen LogP contribution in [0.2, 0.25) is 0 Å². The van der Waals surface area contributed by atoms with Crippen molar-refractivity contribution in [3.63, 3.8) is 0 Å². The van der Waals surface area contributed by atoms with Gasteiger partial charge in [-0.2, -0.15) is 0 Å². The lowest BCUT2D eigenvalue weighted by Crippen LogP contribution is -2.41. The number of carbonyl (C=O) groups excluding carboxylic acids is 2. The number of carbonyl (C=O) groups is 2. The molecule has 0 atom stereocenters. The van der Waals surface area contributed by atoms with Gasteiger partial charge in [0, 0.05) is 35.0 Å². The van der Waals surface area contributed by atoms with Crippen molar-refractivity contribution in [2.24, 2.45) is 0 Å². The van der Waals surface area contributed by atoms with Crippen LogP contribution in [0.25, 0.3) is 0 Å². The fourth-order valence-electron chi connectivity index (χ4n) is 4.07. The van der Waals surface area contributed by atoms with E-state index in [1.54, 1.807) is 11.8 Å². The summed E-state index contributed by atoms with van der Waals surface area (Å²) in [6.45, 7) is 5.45. The molecule has 202 valence electrons. The summed E-state index contributed by atoms with van der Waals surface area (Å²) in [5.41, 5.74) is 2.08. The summed E-state index contributed by atoms with van der Waals surface area (Å²) in [5, 5.41) is 3.13. The van der Waals surface area contributed by atoms with Crippen LogP contribution >= 0.6 is 11.8 Å². The number of esters is 1. The second kappa shape index (κ2) is 16.6. The van der Waals surface area contributed by atoms with E-state index in [2.05, 4.69) is 30.4 Å². The molecule has 0 unspecified atom stereocenters. The number of unbranched alkanes of at least 4 members (excludes halogenated alkanes) is 4. The smallest absolute Gasteiger partial charge is 0.321 e. The van der Waals surface area contributed by atoms with Crippen molar-refractivity contribution < 1.29 is 14.3 Å². The van der Waals surface area contributed by atoms with Crippen molar-refractivity contribution in [2.45, 2.75) is 75.0 Å². The zero-order chi connectivity index (χ0) is 27.0. The molecule has 6 heteroatoms. The Kier molecular flexibility index (Phi) is 12.8. The molecule has 0 bridgehead atoms. The lowest BCUT2D eigenvalue weighted by molar-refractivity contribution is -0.134. The highest BCUT2D eigenvalue weighted by Crippen LogP contribution is 2.31. The number of urea groups is 1. The molecule has 2 amide bonds. The van der Waals surface area contributed by atoms with Gasteiger partial charge in [0.15, 0.2) is 0 Å². The van der Waals surface area contributed by atoms with Crippen LogP contribution < -0.4 is 15.0 Å². The number of hydrogen-bond donors (Lipinski definition) is 1. The van der Waals surface area contributed by atoms with E-state index < -0.39 is 0 Å². The Labute approximate surface area is 232 Å². The van der Waals surface area contributed by atoms with E-state index in [-0.39, 0.29) is 12.0 Å². The van der Waals surface area contributed by atoms with Crippen LogP contribution in [0.1, 0.15) is 64.4 Å². The molecule has 0 saturated heterocycles. The van der Waals surface area contributed by atoms with Gasteiger partial charge in [0.05, 0.1) is 0 Å². The standard InChI is InChI=1S/C32H40N2O3S/c1-3-5-6-7-11-23-33-32(36)34(24-22-26-14-9-8-10-15-26)27-16-12-17-30(25-27)38-29-20-18-28(19-21-29)37-31(35)13-4-2/h8-10,12,14-21,25H,3-7,11,13,22-24H2,1-2H3,(H,33,36). The second-order valence-electron chi connectivity index (χ2n) is 9.33. The van der Waals surface area contributed by atoms with Crippen LogP contribution in [0.3, 0.4) is 0 Å². The maximum Gasteiger partial charge on any atom is 0.321 e. The van der Waals surface area contributed by atoms with Crippen LogP contribution in [-0.2, 0) is 11.2 Å². The van der Waals surface area contributed by atoms with Crippen LogP contribution in [0.5, 0.6) is 5.75 Å². The Bertz CT molecular complexity index is 1120. The third-order valence-electron chi connectivity index (χ3n) is 6.14. The monoisotopic (exact) mass is 532 g/mol. The van der Waals surface area contributed by atoms with Crippen molar-refractivity contribution in [2.75, 3.05) is 18.0 Å². The Balaban J connectivity index is 1.67. The van der Waals surface area contributed by atoms with E-state index in [0.29, 0.717) is 25.3 Å². The molecule has 0 aliphatic carbocycles. The number of nitrogens with one attached hydrogen (secondary N) is 1. The topological polar surface area (TPSA) is 58.6 Å². The van der Waals surface area contributed by atoms with Gasteiger partial charge in [-0.3, -0.25) is 9.69 Å². The minimum atomic E-state index is -0.213. The maximum absolute atomic E-state index is 13.3. The zero-order valence-electron chi connectivity index (χ0n) is 22.7. The van der Waals surface area contributed by atoms with Gasteiger partial charge in [0.25, 0.3) is 0 Å². The fourth-order valence-corrected chi connectivity index (χ4v) is 4.94. The molecule has 0 spiro atoms. The highest BCUT2D eigenvalue weighted by molar-refractivity contribution is 7.99. The molecule has 1 N–H and O–H groups in total. The van der Waals surface area contributed by atoms with Gasteiger partial charge in [-0.25, -0.2) is 4.79 Å². The fraction of sp³-hybridized carbons (Fsp3) is 0.375. The molecule has 38 heavy (non-hydrogen) atoms. The summed E-state index contributed by atoms with van der Waals surface area (Å²) in [6.07, 6.45) is 7.77. The lowest BCUT2D eigenvalue weighted by Gasteiger charge is -2.24. The molecule has 0 radical (unpaired) electrons. The Morgan fingerprint density at radius 1 is 0.816 bits per heavy atom. The summed E-state index contributed by atoms with van der Waals surface area (Å²) >= 11 is 1.61. The number of benzene rings is 3. The zero-order valence-corrected chi connectivity index (χ0v) is 23.5. The SMILES string of the molecule is CCCCCCCNC(=O)N(CCc1ccccc1)c1cccc(Sc2ccc(OC(=O)CCC)cc2)c1. The number of nitrogens with zero attached hydrogens (tertiary/aromatic N) is 1. The van der Waals surface area contributed by atoms with E-state index in [4.69, 9.17) is 4.74 Å². The molecule has 3 aromatic rings. The minimum Gasteiger partial charge on any atom is -0.427 e. The third kappa shape index (κ3) is 10.3. The molecule has 0 heterocycles. The van der Waals surface area contributed by atoms with E-state index in [0.717, 1.165) is 41.2 Å². The number of hydrogen-bond acceptors (Lipinski definition) is 4. The highest BCUT2D eigenvalue weighted by Gasteiger charge is 2.16. The predicted molar refractivity (Wildman–Crippen MR) is 157 cm³/mol. The maximum atomic E-state index is 13.3. The van der Waals surface area contributed by atoms with Crippen molar-refractivity contribution >= 4 is 29.4 Å². The molecular weight excluding hydrogens is 492 g/mol. The minimum absolute atomic E-state index is 0.0585. The highest BCUT2D eigenvalue weighted by atomic mass is 32.2. The van der Waals surface area contributed by atoms with Gasteiger partial charge < -0.3 is 10.1 Å². The first kappa shape index (κ1) is 29.3. The van der Waals surface area contributed by atoms with E-state index >= 15 is 0 Å². The molecule has 5 nitrogen and oxygen atoms in total. The van der Waals surface area contributed by atoms with Crippen molar-refractivity contribution in [3.05, 3.63) is 84.4 Å². The molecule has 0 aromatic heterocycles. The van der Waals surface area contributed by atoms with Crippen LogP contribution in [-0.4, -0.2) is 25.1 Å². The normalized spacial score (nSPS) is 10.7. The van der Waals surface area contributed by atoms with Gasteiger partial charge >= 0.3 is 12.0 Å². The first-order valence-electron chi connectivity index (χ1n) is 13.8. The third-order valence-corrected chi connectivity index (χ3v) is 7.14. The van der Waals surface area contributed by atoms with Crippen molar-refractivity contribution in [1.82, 2.24) is 5.32 Å². The summed E-state index contributed by atoms with van der Waals surface area (Å²) in [4.78, 5) is 28.9. The molecule has 3 aromatic carbocycles. The first-order chi connectivity index (χ1) is 18.6. The van der Waals surface area contributed by atoms with Crippen LogP contribution in [0.15, 0.2) is 88.7 Å². The number of amides is 2. The van der Waals surface area contributed by atoms with Gasteiger partial charge in [0.1, 0.15) is 5.75 Å². The van der Waals surface area contributed by atoms with E-state index in [1.165, 1.54) is 24.8 Å². The number of ether oxygens (including phenoxy) is 1. The van der Waals surface area contributed by atoms with E-state index in [9.17, 15) is 9.59 Å². The van der Waals surface area contributed by atoms with Crippen LogP contribution in [0, 0.1) is 0 Å². The van der Waals surface area contributed by atoms with Gasteiger partial charge in [-0.15, -0.1) is 0 Å². The molecule has 0 saturated carbocycles. The summed E-state index contributed by atoms with van der Waals surface area (Å²) in [7, 11) is 0. The molecule has 0 aliphatic heterocycles. The van der Waals surface area contributed by atoms with Crippen molar-refractivity contribution in [1.29, 1.82) is 0 Å². The predicted octanol–water partition coefficient (Wildman–Crippen LogP) is 8.27. The van der Waals surface area contributed by atoms with Gasteiger partial charge in [-0.05, 0) is 67.3 Å². The van der Waals surface area contributed by atoms with Crippen LogP contribution in [0.4, 0.5) is 10.5 Å². The summed E-state index contributed by atoms with van der Waals surface area (Å²) in [6, 6.07) is 25.8. The number of anilines is 1. The first-order valence-corrected chi connectivity index (χ1v) is 14.6. The van der Waals surface area contributed by atoms with E-state index in [1.807, 2.05) is 72.5 Å². The molecule has 3 rings (SSSR count). The Morgan fingerprint density at radius 2 is 1.58 bits per heavy atom.